The van der Waals surface area contributed by atoms with Crippen molar-refractivity contribution in [3.63, 3.8) is 0 Å². The molecule has 1 aromatic heterocycles. The minimum absolute atomic E-state index is 0.0311. The number of carbonyl (C=O) groups excluding carboxylic acids is 1. The lowest BCUT2D eigenvalue weighted by molar-refractivity contribution is -0.137. The van der Waals surface area contributed by atoms with Gasteiger partial charge in [0.15, 0.2) is 0 Å². The number of aromatic nitrogens is 1. The van der Waals surface area contributed by atoms with Gasteiger partial charge in [-0.25, -0.2) is 4.79 Å². The molecule has 2 aliphatic rings. The number of fused-ring (bicyclic) bond motifs is 1. The van der Waals surface area contributed by atoms with E-state index in [1.165, 1.54) is 12.1 Å². The molecule has 204 valence electrons. The molecule has 2 heterocycles. The van der Waals surface area contributed by atoms with Gasteiger partial charge in [0.2, 0.25) is 0 Å². The van der Waals surface area contributed by atoms with Crippen molar-refractivity contribution in [1.29, 1.82) is 0 Å². The lowest BCUT2D eigenvalue weighted by Gasteiger charge is -2.18. The van der Waals surface area contributed by atoms with Crippen molar-refractivity contribution in [3.05, 3.63) is 57.2 Å². The fraction of sp³-hybridized carbons (Fsp3) is 0.444. The van der Waals surface area contributed by atoms with E-state index in [2.05, 4.69) is 20.8 Å². The number of carbonyl (C=O) groups is 1. The summed E-state index contributed by atoms with van der Waals surface area (Å²) in [4.78, 5) is 15.7. The third-order valence-electron chi connectivity index (χ3n) is 7.09. The molecule has 6 nitrogen and oxygen atoms in total. The summed E-state index contributed by atoms with van der Waals surface area (Å²) in [5, 5.41) is 11.7. The second kappa shape index (κ2) is 10.7. The van der Waals surface area contributed by atoms with Crippen molar-refractivity contribution in [2.75, 3.05) is 19.7 Å². The number of ether oxygens (including phenoxy) is 1. The highest BCUT2D eigenvalue weighted by atomic mass is 79.9. The van der Waals surface area contributed by atoms with E-state index in [9.17, 15) is 27.3 Å². The largest absolute Gasteiger partial charge is 0.506 e. The number of phenols is 1. The maximum Gasteiger partial charge on any atom is 0.416 e. The lowest BCUT2D eigenvalue weighted by Crippen LogP contribution is -2.19. The summed E-state index contributed by atoms with van der Waals surface area (Å²) in [6, 6.07) is 6.30. The van der Waals surface area contributed by atoms with E-state index in [-0.39, 0.29) is 34.6 Å². The van der Waals surface area contributed by atoms with Gasteiger partial charge in [-0.3, -0.25) is 9.11 Å². The molecule has 1 aliphatic heterocycles. The van der Waals surface area contributed by atoms with Crippen LogP contribution in [0.2, 0.25) is 0 Å². The van der Waals surface area contributed by atoms with Crippen LogP contribution in [0, 0.1) is 0 Å². The number of likely N-dealkylation sites (tertiary alicyclic amines) is 1. The van der Waals surface area contributed by atoms with E-state index in [0.717, 1.165) is 50.9 Å². The summed E-state index contributed by atoms with van der Waals surface area (Å²) in [6.45, 7) is 3.99. The topological polar surface area (TPSA) is 71.8 Å². The van der Waals surface area contributed by atoms with Gasteiger partial charge in [0.05, 0.1) is 44.3 Å². The molecule has 38 heavy (non-hydrogen) atoms. The minimum atomic E-state index is -4.56. The second-order valence-corrected chi connectivity index (χ2v) is 12.0. The quantitative estimate of drug-likeness (QED) is 0.292. The van der Waals surface area contributed by atoms with E-state index in [4.69, 9.17) is 4.74 Å². The van der Waals surface area contributed by atoms with Gasteiger partial charge in [-0.1, -0.05) is 6.07 Å². The third-order valence-corrected chi connectivity index (χ3v) is 9.01. The van der Waals surface area contributed by atoms with Gasteiger partial charge in [-0.2, -0.15) is 13.2 Å². The standard InChI is InChI=1S/C27H28BrF3N2O4S/c1-2-37-26(35)24-22(15-38(36)18-7-5-6-16(12-18)27(29,30)31)33(17-8-9-17)21-13-20(28)25(34)19(23(21)24)14-32-10-3-4-11-32/h5-7,12-13,17,34H,2-4,8-11,14-15H2,1H3. The first-order valence-corrected chi connectivity index (χ1v) is 14.7. The zero-order chi connectivity index (χ0) is 27.2. The first-order chi connectivity index (χ1) is 18.1. The smallest absolute Gasteiger partial charge is 0.416 e. The van der Waals surface area contributed by atoms with Crippen molar-refractivity contribution in [2.24, 2.45) is 0 Å². The summed E-state index contributed by atoms with van der Waals surface area (Å²) in [5.41, 5.74) is 1.11. The van der Waals surface area contributed by atoms with Crippen LogP contribution in [-0.4, -0.2) is 44.4 Å². The predicted octanol–water partition coefficient (Wildman–Crippen LogP) is 6.54. The molecule has 1 saturated carbocycles. The summed E-state index contributed by atoms with van der Waals surface area (Å²) in [5.74, 6) is -0.729. The van der Waals surface area contributed by atoms with Crippen molar-refractivity contribution < 1.29 is 32.0 Å². The molecule has 1 atom stereocenters. The van der Waals surface area contributed by atoms with Crippen LogP contribution in [0.3, 0.4) is 0 Å². The molecular formula is C27H28BrF3N2O4S. The minimum Gasteiger partial charge on any atom is -0.506 e. The Morgan fingerprint density at radius 1 is 1.21 bits per heavy atom. The first kappa shape index (κ1) is 27.2. The molecule has 0 amide bonds. The number of esters is 1. The highest BCUT2D eigenvalue weighted by Crippen LogP contribution is 2.47. The van der Waals surface area contributed by atoms with Crippen LogP contribution in [0.25, 0.3) is 10.9 Å². The van der Waals surface area contributed by atoms with Crippen molar-refractivity contribution in [2.45, 2.75) is 62.0 Å². The van der Waals surface area contributed by atoms with Crippen molar-refractivity contribution in [1.82, 2.24) is 9.47 Å². The number of hydrogen-bond acceptors (Lipinski definition) is 5. The second-order valence-electron chi connectivity index (χ2n) is 9.72. The summed E-state index contributed by atoms with van der Waals surface area (Å²) >= 11 is 3.47. The number of nitrogens with zero attached hydrogens (tertiary/aromatic N) is 2. The van der Waals surface area contributed by atoms with Crippen molar-refractivity contribution >= 4 is 43.6 Å². The molecule has 11 heteroatoms. The summed E-state index contributed by atoms with van der Waals surface area (Å²) in [7, 11) is -1.87. The van der Waals surface area contributed by atoms with E-state index in [0.29, 0.717) is 33.2 Å². The molecule has 2 fully saturated rings. The highest BCUT2D eigenvalue weighted by Gasteiger charge is 2.36. The number of alkyl halides is 3. The van der Waals surface area contributed by atoms with Crippen LogP contribution in [0.5, 0.6) is 5.75 Å². The Kier molecular flexibility index (Phi) is 7.63. The molecule has 0 bridgehead atoms. The SMILES string of the molecule is CCOC(=O)c1c(CS(=O)c2cccc(C(F)(F)F)c2)n(C2CC2)c2cc(Br)c(O)c(CN3CCCC3)c12. The van der Waals surface area contributed by atoms with E-state index < -0.39 is 28.5 Å². The number of aromatic hydroxyl groups is 1. The molecule has 1 unspecified atom stereocenters. The molecule has 1 saturated heterocycles. The highest BCUT2D eigenvalue weighted by molar-refractivity contribution is 9.10. The third kappa shape index (κ3) is 5.24. The van der Waals surface area contributed by atoms with Crippen LogP contribution in [0.1, 0.15) is 65.8 Å². The van der Waals surface area contributed by atoms with Gasteiger partial charge < -0.3 is 14.4 Å². The summed E-state index contributed by atoms with van der Waals surface area (Å²) < 4.78 is 61.4. The fourth-order valence-corrected chi connectivity index (χ4v) is 6.85. The molecule has 0 radical (unpaired) electrons. The van der Waals surface area contributed by atoms with Gasteiger partial charge in [-0.15, -0.1) is 0 Å². The lowest BCUT2D eigenvalue weighted by atomic mass is 10.0. The van der Waals surface area contributed by atoms with Crippen LogP contribution < -0.4 is 0 Å². The van der Waals surface area contributed by atoms with Crippen LogP contribution in [0.4, 0.5) is 13.2 Å². The molecular weight excluding hydrogens is 585 g/mol. The first-order valence-electron chi connectivity index (χ1n) is 12.6. The fourth-order valence-electron chi connectivity index (χ4n) is 5.21. The molecule has 2 aromatic carbocycles. The Labute approximate surface area is 229 Å². The van der Waals surface area contributed by atoms with E-state index in [1.807, 2.05) is 4.57 Å². The zero-order valence-electron chi connectivity index (χ0n) is 20.8. The molecule has 0 spiro atoms. The Bertz CT molecular complexity index is 1410. The predicted molar refractivity (Wildman–Crippen MR) is 142 cm³/mol. The Hall–Kier alpha value is -2.37. The molecule has 5 rings (SSSR count). The van der Waals surface area contributed by atoms with Crippen LogP contribution in [-0.2, 0) is 34.0 Å². The Morgan fingerprint density at radius 3 is 2.55 bits per heavy atom. The molecule has 1 aliphatic carbocycles. The molecule has 1 N–H and O–H groups in total. The van der Waals surface area contributed by atoms with E-state index >= 15 is 0 Å². The van der Waals surface area contributed by atoms with E-state index in [1.54, 1.807) is 13.0 Å². The molecule has 3 aromatic rings. The van der Waals surface area contributed by atoms with Gasteiger partial charge in [0, 0.05) is 34.1 Å². The zero-order valence-corrected chi connectivity index (χ0v) is 23.2. The number of hydrogen-bond donors (Lipinski definition) is 1. The average molecular weight is 613 g/mol. The van der Waals surface area contributed by atoms with Crippen molar-refractivity contribution in [3.8, 4) is 5.75 Å². The number of phenolic OH excluding ortho intramolecular Hbond substituents is 1. The van der Waals surface area contributed by atoms with Gasteiger partial charge in [0.1, 0.15) is 5.75 Å². The number of halogens is 4. The maximum atomic E-state index is 13.5. The van der Waals surface area contributed by atoms with Gasteiger partial charge >= 0.3 is 12.1 Å². The number of benzene rings is 2. The number of rotatable bonds is 8. The Morgan fingerprint density at radius 2 is 1.92 bits per heavy atom. The monoisotopic (exact) mass is 612 g/mol. The summed E-state index contributed by atoms with van der Waals surface area (Å²) in [6.07, 6.45) is -0.752. The van der Waals surface area contributed by atoms with Crippen LogP contribution in [0.15, 0.2) is 39.7 Å². The normalized spacial score (nSPS) is 17.3. The maximum absolute atomic E-state index is 13.5. The van der Waals surface area contributed by atoms with Gasteiger partial charge in [-0.05, 0) is 85.9 Å². The van der Waals surface area contributed by atoms with Gasteiger partial charge in [0.25, 0.3) is 0 Å². The Balaban J connectivity index is 1.69. The average Bonchev–Trinajstić information content (AvgIpc) is 3.47. The van der Waals surface area contributed by atoms with Crippen LogP contribution >= 0.6 is 15.9 Å².